The van der Waals surface area contributed by atoms with Crippen LogP contribution >= 0.6 is 15.9 Å². The van der Waals surface area contributed by atoms with Crippen LogP contribution in [0.5, 0.6) is 11.5 Å². The number of para-hydroxylation sites is 1. The van der Waals surface area contributed by atoms with Gasteiger partial charge in [0.05, 0.1) is 16.6 Å². The van der Waals surface area contributed by atoms with Crippen LogP contribution in [0.3, 0.4) is 0 Å². The van der Waals surface area contributed by atoms with Gasteiger partial charge in [0.15, 0.2) is 17.3 Å². The highest BCUT2D eigenvalue weighted by atomic mass is 79.9. The first-order valence-electron chi connectivity index (χ1n) is 9.81. The van der Waals surface area contributed by atoms with Gasteiger partial charge in [0.25, 0.3) is 5.56 Å². The molecule has 0 aliphatic carbocycles. The Bertz CT molecular complexity index is 1520. The van der Waals surface area contributed by atoms with Crippen molar-refractivity contribution in [2.75, 3.05) is 12.1 Å². The number of aryl methyl sites for hydroxylation is 1. The van der Waals surface area contributed by atoms with Crippen molar-refractivity contribution in [3.8, 4) is 11.5 Å². The van der Waals surface area contributed by atoms with Crippen molar-refractivity contribution in [1.82, 2.24) is 19.3 Å². The summed E-state index contributed by atoms with van der Waals surface area (Å²) in [6.07, 6.45) is 0. The van der Waals surface area contributed by atoms with Crippen molar-refractivity contribution < 1.29 is 18.8 Å². The fourth-order valence-electron chi connectivity index (χ4n) is 3.53. The summed E-state index contributed by atoms with van der Waals surface area (Å²) < 4.78 is 18.7. The van der Waals surface area contributed by atoms with E-state index >= 15 is 0 Å². The number of fused-ring (bicyclic) bond motifs is 2. The molecule has 12 heteroatoms. The molecule has 2 aromatic heterocycles. The molecule has 1 N–H and O–H groups in total. The van der Waals surface area contributed by atoms with Crippen LogP contribution in [0, 0.1) is 6.92 Å². The Balaban J connectivity index is 1.62. The van der Waals surface area contributed by atoms with Gasteiger partial charge in [0.2, 0.25) is 18.6 Å². The van der Waals surface area contributed by atoms with Gasteiger partial charge in [-0.3, -0.25) is 18.7 Å². The number of amides is 1. The van der Waals surface area contributed by atoms with E-state index in [1.807, 2.05) is 6.07 Å². The lowest BCUT2D eigenvalue weighted by atomic mass is 10.2. The van der Waals surface area contributed by atoms with Gasteiger partial charge in [-0.15, -0.1) is 0 Å². The highest BCUT2D eigenvalue weighted by molar-refractivity contribution is 9.10. The van der Waals surface area contributed by atoms with Gasteiger partial charge in [-0.25, -0.2) is 4.79 Å². The smallest absolute Gasteiger partial charge is 0.332 e. The molecule has 1 amide bonds. The van der Waals surface area contributed by atoms with E-state index < -0.39 is 17.2 Å². The molecule has 2 aromatic carbocycles. The SMILES string of the molecule is Cc1noc(Cn2c(=O)c3cc4c(cc3n(CC(=O)Nc3ccccc3Br)c2=O)OCO4)n1. The fraction of sp³-hybridized carbons (Fsp3) is 0.190. The third-order valence-corrected chi connectivity index (χ3v) is 5.72. The van der Waals surface area contributed by atoms with Crippen molar-refractivity contribution in [3.63, 3.8) is 0 Å². The molecule has 0 fully saturated rings. The van der Waals surface area contributed by atoms with Gasteiger partial charge in [0.1, 0.15) is 13.1 Å². The standard InChI is InChI=1S/C21H16BrN5O6/c1-11-23-19(33-25-11)9-27-20(29)12-6-16-17(32-10-31-16)7-15(12)26(21(27)30)8-18(28)24-14-5-3-2-4-13(14)22/h2-7H,8-10H2,1H3,(H,24,28). The van der Waals surface area contributed by atoms with Crippen molar-refractivity contribution in [2.45, 2.75) is 20.0 Å². The molecular formula is C21H16BrN5O6. The zero-order valence-corrected chi connectivity index (χ0v) is 18.8. The second kappa shape index (κ2) is 8.20. The molecule has 0 saturated carbocycles. The predicted octanol–water partition coefficient (Wildman–Crippen LogP) is 2.03. The minimum atomic E-state index is -0.704. The lowest BCUT2D eigenvalue weighted by Gasteiger charge is -2.14. The van der Waals surface area contributed by atoms with E-state index in [1.165, 1.54) is 16.7 Å². The summed E-state index contributed by atoms with van der Waals surface area (Å²) in [5.74, 6) is 0.766. The van der Waals surface area contributed by atoms with E-state index in [9.17, 15) is 14.4 Å². The first-order valence-corrected chi connectivity index (χ1v) is 10.6. The number of hydrogen-bond donors (Lipinski definition) is 1. The summed E-state index contributed by atoms with van der Waals surface area (Å²) in [7, 11) is 0. The molecule has 1 aliphatic heterocycles. The Kier molecular flexibility index (Phi) is 5.21. The van der Waals surface area contributed by atoms with Crippen molar-refractivity contribution >= 4 is 38.4 Å². The van der Waals surface area contributed by atoms with Crippen LogP contribution in [0.1, 0.15) is 11.7 Å². The number of benzene rings is 2. The zero-order valence-electron chi connectivity index (χ0n) is 17.2. The van der Waals surface area contributed by atoms with Crippen LogP contribution in [-0.2, 0) is 17.9 Å². The number of anilines is 1. The molecule has 168 valence electrons. The molecule has 11 nitrogen and oxygen atoms in total. The Morgan fingerprint density at radius 2 is 1.91 bits per heavy atom. The van der Waals surface area contributed by atoms with Crippen LogP contribution in [0.2, 0.25) is 0 Å². The summed E-state index contributed by atoms with van der Waals surface area (Å²) in [5, 5.41) is 6.64. The van der Waals surface area contributed by atoms with E-state index in [-0.39, 0.29) is 36.7 Å². The number of halogens is 1. The Labute approximate surface area is 193 Å². The molecule has 4 aromatic rings. The molecule has 0 spiro atoms. The molecule has 0 unspecified atom stereocenters. The van der Waals surface area contributed by atoms with E-state index in [2.05, 4.69) is 31.4 Å². The Morgan fingerprint density at radius 3 is 2.64 bits per heavy atom. The lowest BCUT2D eigenvalue weighted by molar-refractivity contribution is -0.116. The maximum atomic E-state index is 13.3. The first-order chi connectivity index (χ1) is 15.9. The maximum absolute atomic E-state index is 13.3. The number of carbonyl (C=O) groups is 1. The number of carbonyl (C=O) groups excluding carboxylic acids is 1. The van der Waals surface area contributed by atoms with Gasteiger partial charge in [-0.1, -0.05) is 17.3 Å². The zero-order chi connectivity index (χ0) is 23.1. The van der Waals surface area contributed by atoms with E-state index in [0.29, 0.717) is 27.5 Å². The first kappa shape index (κ1) is 20.9. The minimum Gasteiger partial charge on any atom is -0.454 e. The molecule has 33 heavy (non-hydrogen) atoms. The molecule has 0 atom stereocenters. The normalized spacial score (nSPS) is 12.3. The highest BCUT2D eigenvalue weighted by Gasteiger charge is 2.22. The third kappa shape index (κ3) is 3.89. The topological polar surface area (TPSA) is 130 Å². The molecule has 0 bridgehead atoms. The third-order valence-electron chi connectivity index (χ3n) is 5.03. The largest absolute Gasteiger partial charge is 0.454 e. The van der Waals surface area contributed by atoms with E-state index in [1.54, 1.807) is 25.1 Å². The second-order valence-electron chi connectivity index (χ2n) is 7.25. The molecule has 3 heterocycles. The van der Waals surface area contributed by atoms with Crippen LogP contribution < -0.4 is 26.0 Å². The van der Waals surface area contributed by atoms with Gasteiger partial charge < -0.3 is 19.3 Å². The average Bonchev–Trinajstić information content (AvgIpc) is 3.43. The van der Waals surface area contributed by atoms with Crippen molar-refractivity contribution in [3.05, 3.63) is 73.4 Å². The summed E-state index contributed by atoms with van der Waals surface area (Å²) in [5.41, 5.74) is -0.488. The number of rotatable bonds is 5. The summed E-state index contributed by atoms with van der Waals surface area (Å²) in [6.45, 7) is 1.03. The van der Waals surface area contributed by atoms with Gasteiger partial charge in [-0.05, 0) is 41.1 Å². The van der Waals surface area contributed by atoms with Gasteiger partial charge >= 0.3 is 5.69 Å². The lowest BCUT2D eigenvalue weighted by Crippen LogP contribution is -2.42. The van der Waals surface area contributed by atoms with Crippen LogP contribution in [0.25, 0.3) is 10.9 Å². The number of ether oxygens (including phenoxy) is 2. The number of nitrogens with zero attached hydrogens (tertiary/aromatic N) is 4. The Hall–Kier alpha value is -3.93. The van der Waals surface area contributed by atoms with Crippen molar-refractivity contribution in [1.29, 1.82) is 0 Å². The van der Waals surface area contributed by atoms with Gasteiger partial charge in [0, 0.05) is 10.5 Å². The summed E-state index contributed by atoms with van der Waals surface area (Å²) >= 11 is 3.38. The summed E-state index contributed by atoms with van der Waals surface area (Å²) in [4.78, 5) is 43.4. The minimum absolute atomic E-state index is 0.00609. The Morgan fingerprint density at radius 1 is 1.15 bits per heavy atom. The van der Waals surface area contributed by atoms with Gasteiger partial charge in [-0.2, -0.15) is 4.98 Å². The predicted molar refractivity (Wildman–Crippen MR) is 119 cm³/mol. The molecule has 0 saturated heterocycles. The highest BCUT2D eigenvalue weighted by Crippen LogP contribution is 2.34. The quantitative estimate of drug-likeness (QED) is 0.428. The summed E-state index contributed by atoms with van der Waals surface area (Å²) in [6, 6.07) is 10.1. The average molecular weight is 514 g/mol. The number of aromatic nitrogens is 4. The van der Waals surface area contributed by atoms with E-state index in [0.717, 1.165) is 4.57 Å². The molecule has 5 rings (SSSR count). The number of hydrogen-bond acceptors (Lipinski definition) is 8. The fourth-order valence-corrected chi connectivity index (χ4v) is 3.92. The monoisotopic (exact) mass is 513 g/mol. The van der Waals surface area contributed by atoms with Crippen LogP contribution in [0.4, 0.5) is 5.69 Å². The molecule has 1 aliphatic rings. The molecule has 0 radical (unpaired) electrons. The van der Waals surface area contributed by atoms with Crippen LogP contribution in [0.15, 0.2) is 55.0 Å². The maximum Gasteiger partial charge on any atom is 0.332 e. The number of nitrogens with one attached hydrogen (secondary N) is 1. The van der Waals surface area contributed by atoms with E-state index in [4.69, 9.17) is 14.0 Å². The van der Waals surface area contributed by atoms with Crippen molar-refractivity contribution in [2.24, 2.45) is 0 Å². The second-order valence-corrected chi connectivity index (χ2v) is 8.10. The molecular weight excluding hydrogens is 498 g/mol. The van der Waals surface area contributed by atoms with Crippen LogP contribution in [-0.4, -0.2) is 32.0 Å².